The molecule has 0 aliphatic carbocycles. The number of carbonyl (C=O) groups is 1. The van der Waals surface area contributed by atoms with Crippen molar-refractivity contribution in [1.29, 1.82) is 0 Å². The molecule has 0 fully saturated rings. The van der Waals surface area contributed by atoms with Crippen molar-refractivity contribution < 1.29 is 22.7 Å². The van der Waals surface area contributed by atoms with Gasteiger partial charge >= 0.3 is 6.18 Å². The second-order valence-electron chi connectivity index (χ2n) is 5.38. The van der Waals surface area contributed by atoms with Crippen LogP contribution in [0.25, 0.3) is 0 Å². The molecule has 1 heterocycles. The summed E-state index contributed by atoms with van der Waals surface area (Å²) < 4.78 is 44.2. The lowest BCUT2D eigenvalue weighted by Crippen LogP contribution is -2.17. The maximum Gasteiger partial charge on any atom is 0.418 e. The Bertz CT molecular complexity index is 769. The molecule has 5 nitrogen and oxygen atoms in total. The number of hydrogen-bond donors (Lipinski definition) is 2. The third-order valence-corrected chi connectivity index (χ3v) is 3.63. The highest BCUT2D eigenvalue weighted by molar-refractivity contribution is 6.30. The lowest BCUT2D eigenvalue weighted by atomic mass is 10.1. The van der Waals surface area contributed by atoms with Crippen LogP contribution >= 0.6 is 11.6 Å². The number of alkyl halides is 3. The summed E-state index contributed by atoms with van der Waals surface area (Å²) in [7, 11) is 1.60. The smallest absolute Gasteiger partial charge is 0.385 e. The minimum atomic E-state index is -4.64. The van der Waals surface area contributed by atoms with E-state index < -0.39 is 17.6 Å². The average molecular weight is 388 g/mol. The number of carbonyl (C=O) groups excluding carboxylic acids is 1. The molecule has 1 amide bonds. The van der Waals surface area contributed by atoms with Crippen LogP contribution in [-0.2, 0) is 10.9 Å². The summed E-state index contributed by atoms with van der Waals surface area (Å²) in [5.74, 6) is -0.703. The molecule has 2 N–H and O–H groups in total. The van der Waals surface area contributed by atoms with E-state index in [4.69, 9.17) is 16.3 Å². The summed E-state index contributed by atoms with van der Waals surface area (Å²) in [4.78, 5) is 16.2. The monoisotopic (exact) mass is 387 g/mol. The first kappa shape index (κ1) is 20.0. The number of pyridine rings is 1. The fourth-order valence-electron chi connectivity index (χ4n) is 2.16. The van der Waals surface area contributed by atoms with Crippen molar-refractivity contribution in [3.63, 3.8) is 0 Å². The molecule has 2 aromatic rings. The Kier molecular flexibility index (Phi) is 6.82. The third kappa shape index (κ3) is 5.60. The van der Waals surface area contributed by atoms with Gasteiger partial charge in [0.25, 0.3) is 5.91 Å². The largest absolute Gasteiger partial charge is 0.418 e. The SMILES string of the molecule is COCCCNc1cncc(C(=O)Nc2ccc(Cl)cc2C(F)(F)F)c1. The van der Waals surface area contributed by atoms with Crippen LogP contribution in [0.3, 0.4) is 0 Å². The predicted octanol–water partition coefficient (Wildman–Crippen LogP) is 4.45. The first-order chi connectivity index (χ1) is 12.3. The number of methoxy groups -OCH3 is 1. The Hall–Kier alpha value is -2.32. The Morgan fingerprint density at radius 2 is 2.04 bits per heavy atom. The zero-order chi connectivity index (χ0) is 19.2. The lowest BCUT2D eigenvalue weighted by molar-refractivity contribution is -0.136. The number of nitrogens with one attached hydrogen (secondary N) is 2. The normalized spacial score (nSPS) is 11.3. The second-order valence-corrected chi connectivity index (χ2v) is 5.81. The van der Waals surface area contributed by atoms with Crippen LogP contribution < -0.4 is 10.6 Å². The molecule has 140 valence electrons. The van der Waals surface area contributed by atoms with E-state index in [-0.39, 0.29) is 16.3 Å². The summed E-state index contributed by atoms with van der Waals surface area (Å²) in [5, 5.41) is 5.25. The predicted molar refractivity (Wildman–Crippen MR) is 93.6 cm³/mol. The molecule has 0 radical (unpaired) electrons. The van der Waals surface area contributed by atoms with E-state index in [1.807, 2.05) is 0 Å². The van der Waals surface area contributed by atoms with Gasteiger partial charge in [0.05, 0.1) is 22.5 Å². The van der Waals surface area contributed by atoms with Gasteiger partial charge < -0.3 is 15.4 Å². The van der Waals surface area contributed by atoms with Gasteiger partial charge in [-0.25, -0.2) is 0 Å². The number of rotatable bonds is 7. The standard InChI is InChI=1S/C17H17ClF3N3O2/c1-26-6-2-5-23-13-7-11(9-22-10-13)16(25)24-15-4-3-12(18)8-14(15)17(19,20)21/h3-4,7-10,23H,2,5-6H2,1H3,(H,24,25). The van der Waals surface area contributed by atoms with E-state index in [9.17, 15) is 18.0 Å². The molecule has 1 aromatic heterocycles. The Morgan fingerprint density at radius 3 is 2.73 bits per heavy atom. The van der Waals surface area contributed by atoms with Gasteiger partial charge in [0.15, 0.2) is 0 Å². The van der Waals surface area contributed by atoms with Gasteiger partial charge in [-0.2, -0.15) is 13.2 Å². The molecule has 0 saturated heterocycles. The first-order valence-electron chi connectivity index (χ1n) is 7.67. The van der Waals surface area contributed by atoms with Gasteiger partial charge in [-0.15, -0.1) is 0 Å². The molecule has 9 heteroatoms. The number of nitrogens with zero attached hydrogens (tertiary/aromatic N) is 1. The van der Waals surface area contributed by atoms with E-state index in [1.54, 1.807) is 7.11 Å². The minimum absolute atomic E-state index is 0.0701. The lowest BCUT2D eigenvalue weighted by Gasteiger charge is -2.14. The Balaban J connectivity index is 2.13. The number of ether oxygens (including phenoxy) is 1. The van der Waals surface area contributed by atoms with Crippen LogP contribution in [0.5, 0.6) is 0 Å². The Morgan fingerprint density at radius 1 is 1.27 bits per heavy atom. The summed E-state index contributed by atoms with van der Waals surface area (Å²) >= 11 is 5.63. The molecule has 2 rings (SSSR count). The first-order valence-corrected chi connectivity index (χ1v) is 8.05. The van der Waals surface area contributed by atoms with E-state index in [1.165, 1.54) is 24.5 Å². The fraction of sp³-hybridized carbons (Fsp3) is 0.294. The van der Waals surface area contributed by atoms with Crippen molar-refractivity contribution in [3.8, 4) is 0 Å². The fourth-order valence-corrected chi connectivity index (χ4v) is 2.34. The number of benzene rings is 1. The molecule has 0 saturated carbocycles. The average Bonchev–Trinajstić information content (AvgIpc) is 2.59. The van der Waals surface area contributed by atoms with Crippen LogP contribution in [-0.4, -0.2) is 31.2 Å². The molecule has 0 bridgehead atoms. The summed E-state index contributed by atoms with van der Waals surface area (Å²) in [6.45, 7) is 1.19. The van der Waals surface area contributed by atoms with Crippen LogP contribution in [0, 0.1) is 0 Å². The molecule has 26 heavy (non-hydrogen) atoms. The van der Waals surface area contributed by atoms with Gasteiger partial charge in [0, 0.05) is 37.7 Å². The maximum absolute atomic E-state index is 13.1. The molecular formula is C17H17ClF3N3O2. The number of hydrogen-bond acceptors (Lipinski definition) is 4. The number of anilines is 2. The van der Waals surface area contributed by atoms with Crippen LogP contribution in [0.2, 0.25) is 5.02 Å². The molecule has 1 aromatic carbocycles. The molecule has 0 unspecified atom stereocenters. The summed E-state index contributed by atoms with van der Waals surface area (Å²) in [6.07, 6.45) is -1.09. The zero-order valence-electron chi connectivity index (χ0n) is 13.9. The van der Waals surface area contributed by atoms with Crippen molar-refractivity contribution in [1.82, 2.24) is 4.98 Å². The number of halogens is 4. The Labute approximate surface area is 153 Å². The van der Waals surface area contributed by atoms with Crippen molar-refractivity contribution in [2.24, 2.45) is 0 Å². The van der Waals surface area contributed by atoms with Gasteiger partial charge in [-0.05, 0) is 30.7 Å². The van der Waals surface area contributed by atoms with Crippen molar-refractivity contribution in [2.75, 3.05) is 30.9 Å². The van der Waals surface area contributed by atoms with E-state index in [2.05, 4.69) is 15.6 Å². The molecule has 0 aliphatic heterocycles. The number of amides is 1. The maximum atomic E-state index is 13.1. The van der Waals surface area contributed by atoms with Gasteiger partial charge in [-0.1, -0.05) is 11.6 Å². The topological polar surface area (TPSA) is 63.2 Å². The summed E-state index contributed by atoms with van der Waals surface area (Å²) in [5.41, 5.74) is -0.670. The van der Waals surface area contributed by atoms with Crippen LogP contribution in [0.4, 0.5) is 24.5 Å². The minimum Gasteiger partial charge on any atom is -0.385 e. The molecule has 0 aliphatic rings. The van der Waals surface area contributed by atoms with Gasteiger partial charge in [0.2, 0.25) is 0 Å². The zero-order valence-corrected chi connectivity index (χ0v) is 14.6. The van der Waals surface area contributed by atoms with Crippen molar-refractivity contribution in [3.05, 3.63) is 52.8 Å². The quantitative estimate of drug-likeness (QED) is 0.689. The molecule has 0 spiro atoms. The van der Waals surface area contributed by atoms with E-state index in [0.29, 0.717) is 18.8 Å². The van der Waals surface area contributed by atoms with Crippen molar-refractivity contribution in [2.45, 2.75) is 12.6 Å². The van der Waals surface area contributed by atoms with Crippen LogP contribution in [0.1, 0.15) is 22.3 Å². The molecular weight excluding hydrogens is 371 g/mol. The van der Waals surface area contributed by atoms with E-state index >= 15 is 0 Å². The van der Waals surface area contributed by atoms with E-state index in [0.717, 1.165) is 18.6 Å². The highest BCUT2D eigenvalue weighted by Gasteiger charge is 2.34. The highest BCUT2D eigenvalue weighted by Crippen LogP contribution is 2.36. The third-order valence-electron chi connectivity index (χ3n) is 3.39. The second kappa shape index (κ2) is 8.86. The highest BCUT2D eigenvalue weighted by atomic mass is 35.5. The van der Waals surface area contributed by atoms with Gasteiger partial charge in [-0.3, -0.25) is 9.78 Å². The van der Waals surface area contributed by atoms with Crippen LogP contribution in [0.15, 0.2) is 36.7 Å². The van der Waals surface area contributed by atoms with Gasteiger partial charge in [0.1, 0.15) is 0 Å². The molecule has 0 atom stereocenters. The summed E-state index contributed by atoms with van der Waals surface area (Å²) in [6, 6.07) is 4.67. The number of aromatic nitrogens is 1. The van der Waals surface area contributed by atoms with Crippen molar-refractivity contribution >= 4 is 28.9 Å².